The molecule has 6 nitrogen and oxygen atoms in total. The lowest BCUT2D eigenvalue weighted by Crippen LogP contribution is -2.29. The normalized spacial score (nSPS) is 13.6. The standard InChI is InChI=1S/C17H19N3O3S/c1-2-10-24(22,23)19-15-6-5-13-7-9-20(16(13)11-15)17(21)14-4-3-8-18-12-14/h3-6,8,11-12,19H,2,7,9-10H2,1H3. The zero-order valence-corrected chi connectivity index (χ0v) is 14.2. The van der Waals surface area contributed by atoms with Gasteiger partial charge in [-0.05, 0) is 42.7 Å². The fraction of sp³-hybridized carbons (Fsp3) is 0.294. The molecule has 1 aromatic carbocycles. The van der Waals surface area contributed by atoms with E-state index in [2.05, 4.69) is 9.71 Å². The molecule has 0 atom stereocenters. The van der Waals surface area contributed by atoms with Crippen LogP contribution >= 0.6 is 0 Å². The highest BCUT2D eigenvalue weighted by molar-refractivity contribution is 7.92. The van der Waals surface area contributed by atoms with E-state index in [0.717, 1.165) is 17.7 Å². The Balaban J connectivity index is 1.88. The Morgan fingerprint density at radius 1 is 1.33 bits per heavy atom. The van der Waals surface area contributed by atoms with E-state index >= 15 is 0 Å². The maximum atomic E-state index is 12.7. The van der Waals surface area contributed by atoms with E-state index in [9.17, 15) is 13.2 Å². The second-order valence-electron chi connectivity index (χ2n) is 5.71. The highest BCUT2D eigenvalue weighted by atomic mass is 32.2. The van der Waals surface area contributed by atoms with Crippen LogP contribution in [0.1, 0.15) is 29.3 Å². The monoisotopic (exact) mass is 345 g/mol. The molecule has 3 rings (SSSR count). The fourth-order valence-electron chi connectivity index (χ4n) is 2.80. The highest BCUT2D eigenvalue weighted by Crippen LogP contribution is 2.32. The van der Waals surface area contributed by atoms with E-state index in [1.807, 2.05) is 13.0 Å². The predicted octanol–water partition coefficient (Wildman–Crippen LogP) is 2.44. The molecule has 0 aliphatic carbocycles. The number of sulfonamides is 1. The van der Waals surface area contributed by atoms with E-state index in [1.165, 1.54) is 6.20 Å². The van der Waals surface area contributed by atoms with E-state index in [1.54, 1.807) is 35.4 Å². The van der Waals surface area contributed by atoms with Crippen molar-refractivity contribution >= 4 is 27.3 Å². The van der Waals surface area contributed by atoms with Gasteiger partial charge in [0.1, 0.15) is 0 Å². The van der Waals surface area contributed by atoms with Gasteiger partial charge in [-0.1, -0.05) is 13.0 Å². The number of pyridine rings is 1. The van der Waals surface area contributed by atoms with Crippen LogP contribution in [0.25, 0.3) is 0 Å². The zero-order valence-electron chi connectivity index (χ0n) is 13.4. The lowest BCUT2D eigenvalue weighted by Gasteiger charge is -2.18. The van der Waals surface area contributed by atoms with Gasteiger partial charge in [-0.15, -0.1) is 0 Å². The number of anilines is 2. The molecule has 0 bridgehead atoms. The molecule has 1 aromatic heterocycles. The van der Waals surface area contributed by atoms with Gasteiger partial charge in [0.2, 0.25) is 10.0 Å². The van der Waals surface area contributed by atoms with Gasteiger partial charge < -0.3 is 4.90 Å². The molecule has 1 aliphatic rings. The van der Waals surface area contributed by atoms with E-state index in [-0.39, 0.29) is 11.7 Å². The third-order valence-electron chi connectivity index (χ3n) is 3.88. The first-order valence-corrected chi connectivity index (χ1v) is 9.51. The molecule has 2 aromatic rings. The van der Waals surface area contributed by atoms with Crippen molar-refractivity contribution in [2.75, 3.05) is 21.9 Å². The van der Waals surface area contributed by atoms with Gasteiger partial charge in [0, 0.05) is 24.6 Å². The van der Waals surface area contributed by atoms with E-state index < -0.39 is 10.0 Å². The van der Waals surface area contributed by atoms with Gasteiger partial charge in [0.05, 0.1) is 17.0 Å². The van der Waals surface area contributed by atoms with Crippen molar-refractivity contribution in [1.82, 2.24) is 4.98 Å². The molecular weight excluding hydrogens is 326 g/mol. The molecule has 1 amide bonds. The number of hydrogen-bond acceptors (Lipinski definition) is 4. The first kappa shape index (κ1) is 16.4. The fourth-order valence-corrected chi connectivity index (χ4v) is 3.92. The number of rotatable bonds is 5. The molecule has 0 spiro atoms. The molecule has 0 saturated heterocycles. The summed E-state index contributed by atoms with van der Waals surface area (Å²) in [5.41, 5.74) is 2.78. The maximum absolute atomic E-state index is 12.7. The minimum Gasteiger partial charge on any atom is -0.308 e. The smallest absolute Gasteiger partial charge is 0.259 e. The summed E-state index contributed by atoms with van der Waals surface area (Å²) in [6.07, 6.45) is 4.46. The molecule has 126 valence electrons. The van der Waals surface area contributed by atoms with Crippen LogP contribution in [-0.2, 0) is 16.4 Å². The number of amides is 1. The van der Waals surface area contributed by atoms with Gasteiger partial charge in [-0.2, -0.15) is 0 Å². The highest BCUT2D eigenvalue weighted by Gasteiger charge is 2.26. The van der Waals surface area contributed by atoms with Crippen LogP contribution in [0.4, 0.5) is 11.4 Å². The van der Waals surface area contributed by atoms with Crippen molar-refractivity contribution in [3.05, 3.63) is 53.9 Å². The first-order valence-electron chi connectivity index (χ1n) is 7.85. The van der Waals surface area contributed by atoms with Crippen LogP contribution in [0.3, 0.4) is 0 Å². The Morgan fingerprint density at radius 2 is 2.17 bits per heavy atom. The van der Waals surface area contributed by atoms with Crippen molar-refractivity contribution < 1.29 is 13.2 Å². The lowest BCUT2D eigenvalue weighted by molar-refractivity contribution is 0.0989. The summed E-state index contributed by atoms with van der Waals surface area (Å²) in [7, 11) is -3.36. The number of carbonyl (C=O) groups excluding carboxylic acids is 1. The Morgan fingerprint density at radius 3 is 2.88 bits per heavy atom. The van der Waals surface area contributed by atoms with Gasteiger partial charge >= 0.3 is 0 Å². The summed E-state index contributed by atoms with van der Waals surface area (Å²) < 4.78 is 26.4. The van der Waals surface area contributed by atoms with E-state index in [4.69, 9.17) is 0 Å². The van der Waals surface area contributed by atoms with Crippen molar-refractivity contribution in [2.24, 2.45) is 0 Å². The number of nitrogens with one attached hydrogen (secondary N) is 1. The molecule has 0 saturated carbocycles. The number of benzene rings is 1. The largest absolute Gasteiger partial charge is 0.308 e. The van der Waals surface area contributed by atoms with Crippen molar-refractivity contribution in [3.63, 3.8) is 0 Å². The number of hydrogen-bond donors (Lipinski definition) is 1. The van der Waals surface area contributed by atoms with Crippen LogP contribution in [0, 0.1) is 0 Å². The topological polar surface area (TPSA) is 79.4 Å². The van der Waals surface area contributed by atoms with Crippen molar-refractivity contribution in [3.8, 4) is 0 Å². The van der Waals surface area contributed by atoms with Crippen molar-refractivity contribution in [1.29, 1.82) is 0 Å². The summed E-state index contributed by atoms with van der Waals surface area (Å²) in [6.45, 7) is 2.39. The van der Waals surface area contributed by atoms with Crippen LogP contribution in [0.2, 0.25) is 0 Å². The molecular formula is C17H19N3O3S. The maximum Gasteiger partial charge on any atom is 0.259 e. The Kier molecular flexibility index (Phi) is 4.53. The van der Waals surface area contributed by atoms with Crippen LogP contribution in [0.5, 0.6) is 0 Å². The lowest BCUT2D eigenvalue weighted by atomic mass is 10.1. The van der Waals surface area contributed by atoms with Crippen molar-refractivity contribution in [2.45, 2.75) is 19.8 Å². The zero-order chi connectivity index (χ0) is 17.2. The summed E-state index contributed by atoms with van der Waals surface area (Å²) in [5, 5.41) is 0. The summed E-state index contributed by atoms with van der Waals surface area (Å²) in [4.78, 5) is 18.3. The van der Waals surface area contributed by atoms with Gasteiger partial charge in [0.25, 0.3) is 5.91 Å². The number of nitrogens with zero attached hydrogens (tertiary/aromatic N) is 2. The molecule has 24 heavy (non-hydrogen) atoms. The summed E-state index contributed by atoms with van der Waals surface area (Å²) in [6, 6.07) is 8.78. The van der Waals surface area contributed by atoms with Gasteiger partial charge in [0.15, 0.2) is 0 Å². The third kappa shape index (κ3) is 3.41. The minimum absolute atomic E-state index is 0.0718. The number of aromatic nitrogens is 1. The van der Waals surface area contributed by atoms with Crippen LogP contribution in [-0.4, -0.2) is 31.6 Å². The quantitative estimate of drug-likeness (QED) is 0.903. The van der Waals surface area contributed by atoms with Crippen LogP contribution in [0.15, 0.2) is 42.7 Å². The average molecular weight is 345 g/mol. The average Bonchev–Trinajstić information content (AvgIpc) is 2.97. The van der Waals surface area contributed by atoms with Crippen LogP contribution < -0.4 is 9.62 Å². The van der Waals surface area contributed by atoms with Gasteiger partial charge in [-0.25, -0.2) is 8.42 Å². The molecule has 2 heterocycles. The van der Waals surface area contributed by atoms with Gasteiger partial charge in [-0.3, -0.25) is 14.5 Å². The summed E-state index contributed by atoms with van der Waals surface area (Å²) >= 11 is 0. The Bertz CT molecular complexity index is 851. The second kappa shape index (κ2) is 6.60. The molecule has 1 N–H and O–H groups in total. The third-order valence-corrected chi connectivity index (χ3v) is 5.37. The summed E-state index contributed by atoms with van der Waals surface area (Å²) in [5.74, 6) is -0.0574. The predicted molar refractivity (Wildman–Crippen MR) is 93.8 cm³/mol. The second-order valence-corrected chi connectivity index (χ2v) is 7.55. The molecule has 1 aliphatic heterocycles. The molecule has 7 heteroatoms. The Labute approximate surface area is 141 Å². The number of fused-ring (bicyclic) bond motifs is 1. The molecule has 0 fully saturated rings. The minimum atomic E-state index is -3.36. The Hall–Kier alpha value is -2.41. The number of carbonyl (C=O) groups is 1. The molecule has 0 unspecified atom stereocenters. The SMILES string of the molecule is CCCS(=O)(=O)Nc1ccc2c(c1)N(C(=O)c1cccnc1)CC2. The van der Waals surface area contributed by atoms with E-state index in [0.29, 0.717) is 24.2 Å². The first-order chi connectivity index (χ1) is 11.5. The molecule has 0 radical (unpaired) electrons.